The molecule has 0 unspecified atom stereocenters. The van der Waals surface area contributed by atoms with Gasteiger partial charge in [0, 0.05) is 12.1 Å². The molecule has 0 bridgehead atoms. The number of nitro groups is 1. The number of amides is 1. The van der Waals surface area contributed by atoms with E-state index in [2.05, 4.69) is 26.2 Å². The zero-order valence-electron chi connectivity index (χ0n) is 10.7. The van der Waals surface area contributed by atoms with E-state index >= 15 is 0 Å². The maximum Gasteiger partial charge on any atom is 0.287 e. The number of aromatic nitrogens is 2. The third kappa shape index (κ3) is 3.05. The standard InChI is InChI=1S/C11H11BrN4O3S/c1-6(2)15-5-7(16(18)19)3-8(15)10(17)14-11-13-4-9(12)20-11/h3-6H,1-2H3,(H,13,14,17). The number of nitrogens with zero attached hydrogens (tertiary/aromatic N) is 3. The van der Waals surface area contributed by atoms with Crippen molar-refractivity contribution in [3.63, 3.8) is 0 Å². The van der Waals surface area contributed by atoms with E-state index in [9.17, 15) is 14.9 Å². The van der Waals surface area contributed by atoms with Crippen LogP contribution in [0.4, 0.5) is 10.8 Å². The molecule has 1 N–H and O–H groups in total. The van der Waals surface area contributed by atoms with Crippen LogP contribution in [0.5, 0.6) is 0 Å². The van der Waals surface area contributed by atoms with Crippen LogP contribution in [0.2, 0.25) is 0 Å². The Balaban J connectivity index is 2.30. The summed E-state index contributed by atoms with van der Waals surface area (Å²) in [5.41, 5.74) is 0.127. The SMILES string of the molecule is CC(C)n1cc([N+](=O)[O-])cc1C(=O)Nc1ncc(Br)s1. The highest BCUT2D eigenvalue weighted by molar-refractivity contribution is 9.11. The maximum absolute atomic E-state index is 12.2. The van der Waals surface area contributed by atoms with Gasteiger partial charge in [0.25, 0.3) is 11.6 Å². The van der Waals surface area contributed by atoms with Crippen molar-refractivity contribution in [2.75, 3.05) is 5.32 Å². The minimum absolute atomic E-state index is 0.0625. The van der Waals surface area contributed by atoms with Crippen LogP contribution >= 0.6 is 27.3 Å². The molecule has 20 heavy (non-hydrogen) atoms. The Kier molecular flexibility index (Phi) is 4.19. The molecular weight excluding hydrogens is 348 g/mol. The van der Waals surface area contributed by atoms with E-state index in [0.29, 0.717) is 5.13 Å². The first-order valence-electron chi connectivity index (χ1n) is 5.67. The second kappa shape index (κ2) is 5.71. The predicted octanol–water partition coefficient (Wildman–Crippen LogP) is 3.45. The van der Waals surface area contributed by atoms with Crippen LogP contribution in [0.3, 0.4) is 0 Å². The monoisotopic (exact) mass is 358 g/mol. The topological polar surface area (TPSA) is 90.1 Å². The molecule has 0 radical (unpaired) electrons. The van der Waals surface area contributed by atoms with Gasteiger partial charge < -0.3 is 4.57 Å². The molecule has 0 aliphatic rings. The second-order valence-corrected chi connectivity index (χ2v) is 6.68. The first-order valence-corrected chi connectivity index (χ1v) is 7.28. The van der Waals surface area contributed by atoms with Crippen LogP contribution in [0, 0.1) is 10.1 Å². The first kappa shape index (κ1) is 14.7. The largest absolute Gasteiger partial charge is 0.335 e. The van der Waals surface area contributed by atoms with E-state index < -0.39 is 10.8 Å². The summed E-state index contributed by atoms with van der Waals surface area (Å²) in [6.07, 6.45) is 2.93. The van der Waals surface area contributed by atoms with Crippen LogP contribution in [0.1, 0.15) is 30.4 Å². The van der Waals surface area contributed by atoms with Gasteiger partial charge in [0.05, 0.1) is 21.1 Å². The van der Waals surface area contributed by atoms with E-state index in [1.165, 1.54) is 23.6 Å². The average Bonchev–Trinajstić information content (AvgIpc) is 2.95. The number of carbonyl (C=O) groups excluding carboxylic acids is 1. The molecule has 7 nitrogen and oxygen atoms in total. The van der Waals surface area contributed by atoms with Crippen molar-refractivity contribution in [3.8, 4) is 0 Å². The molecule has 0 saturated carbocycles. The first-order chi connectivity index (χ1) is 9.38. The van der Waals surface area contributed by atoms with Crippen molar-refractivity contribution >= 4 is 44.0 Å². The zero-order chi connectivity index (χ0) is 14.9. The summed E-state index contributed by atoms with van der Waals surface area (Å²) in [5, 5.41) is 13.9. The number of halogens is 1. The van der Waals surface area contributed by atoms with Crippen molar-refractivity contribution in [1.29, 1.82) is 0 Å². The van der Waals surface area contributed by atoms with Gasteiger partial charge in [0.15, 0.2) is 5.13 Å². The molecule has 2 aromatic heterocycles. The number of hydrogen-bond donors (Lipinski definition) is 1. The van der Waals surface area contributed by atoms with Gasteiger partial charge in [-0.3, -0.25) is 20.2 Å². The quantitative estimate of drug-likeness (QED) is 0.669. The molecule has 0 aliphatic carbocycles. The van der Waals surface area contributed by atoms with Gasteiger partial charge in [-0.15, -0.1) is 0 Å². The molecule has 0 spiro atoms. The van der Waals surface area contributed by atoms with E-state index in [4.69, 9.17) is 0 Å². The summed E-state index contributed by atoms with van der Waals surface area (Å²) in [6, 6.07) is 1.20. The van der Waals surface area contributed by atoms with Crippen molar-refractivity contribution in [2.24, 2.45) is 0 Å². The Hall–Kier alpha value is -1.74. The fourth-order valence-electron chi connectivity index (χ4n) is 1.65. The number of nitrogens with one attached hydrogen (secondary N) is 1. The fourth-order valence-corrected chi connectivity index (χ4v) is 2.75. The molecule has 2 heterocycles. The number of hydrogen-bond acceptors (Lipinski definition) is 5. The van der Waals surface area contributed by atoms with Gasteiger partial charge in [0.1, 0.15) is 5.69 Å². The van der Waals surface area contributed by atoms with E-state index in [0.717, 1.165) is 3.79 Å². The minimum Gasteiger partial charge on any atom is -0.335 e. The number of anilines is 1. The van der Waals surface area contributed by atoms with Crippen LogP contribution in [-0.2, 0) is 0 Å². The summed E-state index contributed by atoms with van der Waals surface area (Å²) in [6.45, 7) is 3.70. The van der Waals surface area contributed by atoms with Crippen molar-refractivity contribution in [2.45, 2.75) is 19.9 Å². The Morgan fingerprint density at radius 3 is 2.80 bits per heavy atom. The zero-order valence-corrected chi connectivity index (χ0v) is 13.1. The lowest BCUT2D eigenvalue weighted by Crippen LogP contribution is -2.17. The molecule has 0 aliphatic heterocycles. The lowest BCUT2D eigenvalue weighted by molar-refractivity contribution is -0.384. The molecule has 106 valence electrons. The second-order valence-electron chi connectivity index (χ2n) is 4.27. The summed E-state index contributed by atoms with van der Waals surface area (Å²) >= 11 is 4.52. The number of rotatable bonds is 4. The average molecular weight is 359 g/mol. The summed E-state index contributed by atoms with van der Waals surface area (Å²) in [5.74, 6) is -0.423. The van der Waals surface area contributed by atoms with E-state index in [-0.39, 0.29) is 17.4 Å². The molecule has 2 rings (SSSR count). The minimum atomic E-state index is -0.518. The number of thiazole rings is 1. The summed E-state index contributed by atoms with van der Waals surface area (Å²) in [4.78, 5) is 26.5. The Morgan fingerprint density at radius 2 is 2.30 bits per heavy atom. The highest BCUT2D eigenvalue weighted by Gasteiger charge is 2.21. The molecular formula is C11H11BrN4O3S. The van der Waals surface area contributed by atoms with E-state index in [1.807, 2.05) is 13.8 Å². The van der Waals surface area contributed by atoms with Gasteiger partial charge in [-0.05, 0) is 29.8 Å². The van der Waals surface area contributed by atoms with Crippen molar-refractivity contribution in [1.82, 2.24) is 9.55 Å². The van der Waals surface area contributed by atoms with Gasteiger partial charge in [0.2, 0.25) is 0 Å². The van der Waals surface area contributed by atoms with Crippen LogP contribution in [0.15, 0.2) is 22.2 Å². The Morgan fingerprint density at radius 1 is 1.60 bits per heavy atom. The molecule has 9 heteroatoms. The van der Waals surface area contributed by atoms with Gasteiger partial charge in [-0.1, -0.05) is 11.3 Å². The maximum atomic E-state index is 12.2. The van der Waals surface area contributed by atoms with Crippen molar-refractivity contribution < 1.29 is 9.72 Å². The molecule has 2 aromatic rings. The van der Waals surface area contributed by atoms with Crippen LogP contribution < -0.4 is 5.32 Å². The summed E-state index contributed by atoms with van der Waals surface area (Å²) < 4.78 is 2.36. The van der Waals surface area contributed by atoms with Gasteiger partial charge >= 0.3 is 0 Å². The normalized spacial score (nSPS) is 10.8. The van der Waals surface area contributed by atoms with Gasteiger partial charge in [-0.2, -0.15) is 0 Å². The third-order valence-corrected chi connectivity index (χ3v) is 3.92. The Bertz CT molecular complexity index is 664. The lowest BCUT2D eigenvalue weighted by Gasteiger charge is -2.11. The van der Waals surface area contributed by atoms with Crippen molar-refractivity contribution in [3.05, 3.63) is 38.1 Å². The van der Waals surface area contributed by atoms with Gasteiger partial charge in [-0.25, -0.2) is 4.98 Å². The number of carbonyl (C=O) groups is 1. The molecule has 0 atom stereocenters. The van der Waals surface area contributed by atoms with Crippen LogP contribution in [0.25, 0.3) is 0 Å². The Labute approximate surface area is 126 Å². The molecule has 0 saturated heterocycles. The molecule has 0 aromatic carbocycles. The summed E-state index contributed by atoms with van der Waals surface area (Å²) in [7, 11) is 0. The molecule has 0 fully saturated rings. The highest BCUT2D eigenvalue weighted by atomic mass is 79.9. The third-order valence-electron chi connectivity index (χ3n) is 2.53. The lowest BCUT2D eigenvalue weighted by atomic mass is 10.3. The molecule has 1 amide bonds. The van der Waals surface area contributed by atoms with Crippen LogP contribution in [-0.4, -0.2) is 20.4 Å². The fraction of sp³-hybridized carbons (Fsp3) is 0.273. The smallest absolute Gasteiger partial charge is 0.287 e. The highest BCUT2D eigenvalue weighted by Crippen LogP contribution is 2.25. The van der Waals surface area contributed by atoms with E-state index in [1.54, 1.807) is 10.8 Å². The predicted molar refractivity (Wildman–Crippen MR) is 79.2 cm³/mol.